The molecule has 0 aliphatic rings. The summed E-state index contributed by atoms with van der Waals surface area (Å²) in [6.45, 7) is 2.62. The monoisotopic (exact) mass is 450 g/mol. The first-order chi connectivity index (χ1) is 16.0. The summed E-state index contributed by atoms with van der Waals surface area (Å²) in [6, 6.07) is 20.7. The molecule has 7 heteroatoms. The Balaban J connectivity index is 1.40. The van der Waals surface area contributed by atoms with Crippen molar-refractivity contribution in [2.45, 2.75) is 32.5 Å². The third-order valence-electron chi connectivity index (χ3n) is 4.86. The van der Waals surface area contributed by atoms with Gasteiger partial charge >= 0.3 is 0 Å². The van der Waals surface area contributed by atoms with Crippen LogP contribution in [0.3, 0.4) is 0 Å². The van der Waals surface area contributed by atoms with Crippen molar-refractivity contribution in [3.8, 4) is 11.5 Å². The molecule has 1 atom stereocenters. The van der Waals surface area contributed by atoms with Gasteiger partial charge in [-0.25, -0.2) is 9.82 Å². The van der Waals surface area contributed by atoms with E-state index in [-0.39, 0.29) is 31.2 Å². The number of carbonyl (C=O) groups excluding carboxylic acids is 1. The van der Waals surface area contributed by atoms with Gasteiger partial charge in [0, 0.05) is 12.0 Å². The Morgan fingerprint density at radius 1 is 1.03 bits per heavy atom. The molecule has 1 amide bonds. The Bertz CT molecular complexity index is 1050. The second kappa shape index (κ2) is 12.4. The minimum absolute atomic E-state index is 0.133. The zero-order chi connectivity index (χ0) is 23.5. The van der Waals surface area contributed by atoms with Crippen LogP contribution in [0.2, 0.25) is 0 Å². The highest BCUT2D eigenvalue weighted by atomic mass is 19.1. The van der Waals surface area contributed by atoms with E-state index >= 15 is 0 Å². The first kappa shape index (κ1) is 23.9. The lowest BCUT2D eigenvalue weighted by molar-refractivity contribution is -0.121. The molecule has 0 radical (unpaired) electrons. The van der Waals surface area contributed by atoms with E-state index in [1.807, 2.05) is 6.92 Å². The number of halogens is 1. The number of hydrogen-bond acceptors (Lipinski definition) is 5. The number of ether oxygens (including phenoxy) is 2. The lowest BCUT2D eigenvalue weighted by Gasteiger charge is -2.11. The number of amides is 1. The predicted molar refractivity (Wildman–Crippen MR) is 125 cm³/mol. The minimum Gasteiger partial charge on any atom is -0.494 e. The molecule has 3 aromatic rings. The third-order valence-corrected chi connectivity index (χ3v) is 4.86. The number of rotatable bonds is 11. The maximum absolute atomic E-state index is 13.6. The highest BCUT2D eigenvalue weighted by Crippen LogP contribution is 2.21. The van der Waals surface area contributed by atoms with Gasteiger partial charge in [0.25, 0.3) is 0 Å². The van der Waals surface area contributed by atoms with Gasteiger partial charge in [-0.15, -0.1) is 0 Å². The molecular weight excluding hydrogens is 423 g/mol. The molecule has 0 fully saturated rings. The fraction of sp³-hybridized carbons (Fsp3) is 0.231. The highest BCUT2D eigenvalue weighted by Gasteiger charge is 2.10. The van der Waals surface area contributed by atoms with Gasteiger partial charge in [0.1, 0.15) is 23.9 Å². The highest BCUT2D eigenvalue weighted by molar-refractivity contribution is 5.82. The maximum atomic E-state index is 13.6. The van der Waals surface area contributed by atoms with Crippen molar-refractivity contribution < 1.29 is 23.8 Å². The first-order valence-corrected chi connectivity index (χ1v) is 10.7. The van der Waals surface area contributed by atoms with E-state index in [0.717, 1.165) is 16.9 Å². The van der Waals surface area contributed by atoms with Crippen molar-refractivity contribution in [3.05, 3.63) is 95.3 Å². The van der Waals surface area contributed by atoms with Crippen LogP contribution in [0.4, 0.5) is 4.39 Å². The lowest BCUT2D eigenvalue weighted by atomic mass is 10.0. The number of aliphatic hydroxyl groups is 1. The first-order valence-electron chi connectivity index (χ1n) is 10.7. The van der Waals surface area contributed by atoms with Crippen molar-refractivity contribution in [2.75, 3.05) is 6.61 Å². The van der Waals surface area contributed by atoms with Crippen LogP contribution in [0.15, 0.2) is 77.9 Å². The summed E-state index contributed by atoms with van der Waals surface area (Å²) in [5, 5.41) is 14.2. The molecule has 0 unspecified atom stereocenters. The predicted octanol–water partition coefficient (Wildman–Crippen LogP) is 4.77. The Morgan fingerprint density at radius 2 is 1.70 bits per heavy atom. The summed E-state index contributed by atoms with van der Waals surface area (Å²) in [6.07, 6.45) is 1.19. The second-order valence-electron chi connectivity index (χ2n) is 7.30. The number of hydrogen-bond donors (Lipinski definition) is 2. The van der Waals surface area contributed by atoms with E-state index in [4.69, 9.17) is 9.47 Å². The van der Waals surface area contributed by atoms with E-state index < -0.39 is 6.10 Å². The normalized spacial score (nSPS) is 11.8. The van der Waals surface area contributed by atoms with Gasteiger partial charge < -0.3 is 14.6 Å². The summed E-state index contributed by atoms with van der Waals surface area (Å²) in [5.41, 5.74) is 4.44. The smallest absolute Gasteiger partial charge is 0.240 e. The van der Waals surface area contributed by atoms with E-state index in [1.165, 1.54) is 12.3 Å². The molecule has 0 heterocycles. The van der Waals surface area contributed by atoms with E-state index in [0.29, 0.717) is 17.9 Å². The van der Waals surface area contributed by atoms with Gasteiger partial charge in [0.15, 0.2) is 0 Å². The maximum Gasteiger partial charge on any atom is 0.240 e. The fourth-order valence-electron chi connectivity index (χ4n) is 3.05. The lowest BCUT2D eigenvalue weighted by Crippen LogP contribution is -2.18. The van der Waals surface area contributed by atoms with Crippen LogP contribution in [-0.4, -0.2) is 23.8 Å². The number of benzene rings is 3. The number of hydrazone groups is 1. The molecule has 3 aromatic carbocycles. The average Bonchev–Trinajstić information content (AvgIpc) is 2.83. The standard InChI is InChI=1S/C26H27FN2O4/c1-2-32-22-13-9-20(10-14-22)25(30)15-16-26(31)29-28-17-19-7-11-23(12-8-19)33-18-21-5-3-4-6-24(21)27/h3-14,17,25,30H,2,15-16,18H2,1H3,(H,29,31)/b28-17-/t25-/m1/s1. The zero-order valence-electron chi connectivity index (χ0n) is 18.4. The van der Waals surface area contributed by atoms with E-state index in [1.54, 1.807) is 66.7 Å². The van der Waals surface area contributed by atoms with Gasteiger partial charge in [-0.05, 0) is 66.9 Å². The van der Waals surface area contributed by atoms with Gasteiger partial charge in [0.2, 0.25) is 5.91 Å². The topological polar surface area (TPSA) is 80.2 Å². The minimum atomic E-state index is -0.743. The molecule has 6 nitrogen and oxygen atoms in total. The summed E-state index contributed by atoms with van der Waals surface area (Å²) < 4.78 is 24.6. The van der Waals surface area contributed by atoms with Crippen LogP contribution in [0.1, 0.15) is 42.6 Å². The Kier molecular flexibility index (Phi) is 8.97. The molecule has 2 N–H and O–H groups in total. The van der Waals surface area contributed by atoms with Gasteiger partial charge in [-0.2, -0.15) is 5.10 Å². The largest absolute Gasteiger partial charge is 0.494 e. The van der Waals surface area contributed by atoms with Crippen LogP contribution < -0.4 is 14.9 Å². The quantitative estimate of drug-likeness (QED) is 0.326. The van der Waals surface area contributed by atoms with E-state index in [9.17, 15) is 14.3 Å². The van der Waals surface area contributed by atoms with Gasteiger partial charge in [0.05, 0.1) is 18.9 Å². The molecule has 0 aliphatic heterocycles. The van der Waals surface area contributed by atoms with Gasteiger partial charge in [-0.3, -0.25) is 4.79 Å². The van der Waals surface area contributed by atoms with Crippen LogP contribution >= 0.6 is 0 Å². The molecule has 0 saturated carbocycles. The Morgan fingerprint density at radius 3 is 2.39 bits per heavy atom. The van der Waals surface area contributed by atoms with Crippen molar-refractivity contribution in [2.24, 2.45) is 5.10 Å². The molecule has 0 bridgehead atoms. The summed E-state index contributed by atoms with van der Waals surface area (Å²) >= 11 is 0. The van der Waals surface area contributed by atoms with Crippen molar-refractivity contribution in [3.63, 3.8) is 0 Å². The Labute approximate surface area is 192 Å². The molecule has 0 aliphatic carbocycles. The van der Waals surface area contributed by atoms with Crippen LogP contribution in [-0.2, 0) is 11.4 Å². The number of nitrogens with one attached hydrogen (secondary N) is 1. The summed E-state index contributed by atoms with van der Waals surface area (Å²) in [7, 11) is 0. The molecule has 0 spiro atoms. The zero-order valence-corrected chi connectivity index (χ0v) is 18.4. The SMILES string of the molecule is CCOc1ccc([C@H](O)CCC(=O)N/N=C\c2ccc(OCc3ccccc3F)cc2)cc1. The van der Waals surface area contributed by atoms with Crippen molar-refractivity contribution in [1.82, 2.24) is 5.43 Å². The summed E-state index contributed by atoms with van der Waals surface area (Å²) in [5.74, 6) is 0.748. The summed E-state index contributed by atoms with van der Waals surface area (Å²) in [4.78, 5) is 12.0. The molecule has 172 valence electrons. The van der Waals surface area contributed by atoms with Crippen LogP contribution in [0.25, 0.3) is 0 Å². The van der Waals surface area contributed by atoms with Crippen molar-refractivity contribution >= 4 is 12.1 Å². The number of carbonyl (C=O) groups is 1. The van der Waals surface area contributed by atoms with Crippen molar-refractivity contribution in [1.29, 1.82) is 0 Å². The van der Waals surface area contributed by atoms with Gasteiger partial charge in [-0.1, -0.05) is 30.3 Å². The molecule has 0 saturated heterocycles. The molecular formula is C26H27FN2O4. The number of aliphatic hydroxyl groups excluding tert-OH is 1. The van der Waals surface area contributed by atoms with Crippen LogP contribution in [0.5, 0.6) is 11.5 Å². The third kappa shape index (κ3) is 7.73. The van der Waals surface area contributed by atoms with E-state index in [2.05, 4.69) is 10.5 Å². The van der Waals surface area contributed by atoms with Crippen LogP contribution in [0, 0.1) is 5.82 Å². The molecule has 33 heavy (non-hydrogen) atoms. The number of nitrogens with zero attached hydrogens (tertiary/aromatic N) is 1. The average molecular weight is 451 g/mol. The second-order valence-corrected chi connectivity index (χ2v) is 7.30. The Hall–Kier alpha value is -3.71. The molecule has 0 aromatic heterocycles. The fourth-order valence-corrected chi connectivity index (χ4v) is 3.05. The molecule has 3 rings (SSSR count).